The van der Waals surface area contributed by atoms with Gasteiger partial charge in [0.15, 0.2) is 0 Å². The number of hydrogen-bond donors (Lipinski definition) is 1. The monoisotopic (exact) mass is 281 g/mol. The number of hydrogen-bond acceptors (Lipinski definition) is 2. The van der Waals surface area contributed by atoms with Crippen LogP contribution in [0, 0.1) is 0 Å². The van der Waals surface area contributed by atoms with Gasteiger partial charge in [-0.25, -0.2) is 8.78 Å². The Bertz CT molecular complexity index is 375. The second-order valence-corrected chi connectivity index (χ2v) is 4.42. The molecule has 1 N–H and O–H groups in total. The van der Waals surface area contributed by atoms with Crippen LogP contribution in [0.4, 0.5) is 17.6 Å². The van der Waals surface area contributed by atoms with Crippen molar-refractivity contribution in [3.63, 3.8) is 0 Å². The SMILES string of the molecule is CCC(CC)n1ccc(CNCC(F)(F)C(F)F)n1. The summed E-state index contributed by atoms with van der Waals surface area (Å²) in [7, 11) is 0. The molecule has 0 atom stereocenters. The van der Waals surface area contributed by atoms with E-state index in [4.69, 9.17) is 0 Å². The summed E-state index contributed by atoms with van der Waals surface area (Å²) in [4.78, 5) is 0. The topological polar surface area (TPSA) is 29.9 Å². The molecule has 0 radical (unpaired) electrons. The highest BCUT2D eigenvalue weighted by Gasteiger charge is 2.39. The molecule has 0 fully saturated rings. The van der Waals surface area contributed by atoms with Crippen LogP contribution >= 0.6 is 0 Å². The molecule has 3 nitrogen and oxygen atoms in total. The fourth-order valence-electron chi connectivity index (χ4n) is 1.77. The highest BCUT2D eigenvalue weighted by molar-refractivity contribution is 4.99. The molecule has 0 unspecified atom stereocenters. The van der Waals surface area contributed by atoms with Gasteiger partial charge in [-0.1, -0.05) is 13.8 Å². The van der Waals surface area contributed by atoms with Gasteiger partial charge in [-0.05, 0) is 18.9 Å². The first-order valence-corrected chi connectivity index (χ1v) is 6.31. The van der Waals surface area contributed by atoms with Crippen LogP contribution in [0.25, 0.3) is 0 Å². The van der Waals surface area contributed by atoms with Crippen LogP contribution in [0.15, 0.2) is 12.3 Å². The molecule has 110 valence electrons. The lowest BCUT2D eigenvalue weighted by Crippen LogP contribution is -2.38. The summed E-state index contributed by atoms with van der Waals surface area (Å²) in [6.45, 7) is 3.08. The summed E-state index contributed by atoms with van der Waals surface area (Å²) in [5.74, 6) is -4.00. The molecule has 0 saturated carbocycles. The first kappa shape index (κ1) is 15.9. The van der Waals surface area contributed by atoms with Gasteiger partial charge >= 0.3 is 12.3 Å². The molecule has 1 heterocycles. The highest BCUT2D eigenvalue weighted by atomic mass is 19.3. The molecule has 0 spiro atoms. The lowest BCUT2D eigenvalue weighted by atomic mass is 10.2. The van der Waals surface area contributed by atoms with Crippen LogP contribution in [0.3, 0.4) is 0 Å². The molecule has 19 heavy (non-hydrogen) atoms. The Kier molecular flexibility index (Phi) is 5.78. The molecule has 0 aromatic carbocycles. The van der Waals surface area contributed by atoms with Gasteiger partial charge in [0, 0.05) is 12.7 Å². The number of nitrogens with one attached hydrogen (secondary N) is 1. The van der Waals surface area contributed by atoms with Crippen LogP contribution in [0.2, 0.25) is 0 Å². The van der Waals surface area contributed by atoms with Crippen molar-refractivity contribution in [1.29, 1.82) is 0 Å². The van der Waals surface area contributed by atoms with E-state index < -0.39 is 18.9 Å². The maximum Gasteiger partial charge on any atom is 0.319 e. The van der Waals surface area contributed by atoms with Crippen molar-refractivity contribution in [3.05, 3.63) is 18.0 Å². The molecular weight excluding hydrogens is 262 g/mol. The van der Waals surface area contributed by atoms with Crippen LogP contribution in [-0.2, 0) is 6.54 Å². The number of nitrogens with zero attached hydrogens (tertiary/aromatic N) is 2. The minimum absolute atomic E-state index is 0.0511. The molecule has 1 aromatic heterocycles. The second-order valence-electron chi connectivity index (χ2n) is 4.42. The van der Waals surface area contributed by atoms with Gasteiger partial charge in [0.1, 0.15) is 0 Å². The van der Waals surface area contributed by atoms with Gasteiger partial charge in [-0.2, -0.15) is 13.9 Å². The van der Waals surface area contributed by atoms with E-state index in [1.807, 2.05) is 13.8 Å². The van der Waals surface area contributed by atoms with Gasteiger partial charge in [0.25, 0.3) is 0 Å². The summed E-state index contributed by atoms with van der Waals surface area (Å²) < 4.78 is 50.9. The van der Waals surface area contributed by atoms with Crippen molar-refractivity contribution in [2.75, 3.05) is 6.54 Å². The van der Waals surface area contributed by atoms with E-state index in [0.29, 0.717) is 5.69 Å². The molecule has 0 aliphatic heterocycles. The molecule has 0 amide bonds. The lowest BCUT2D eigenvalue weighted by Gasteiger charge is -2.15. The fraction of sp³-hybridized carbons (Fsp3) is 0.750. The molecule has 7 heteroatoms. The van der Waals surface area contributed by atoms with Gasteiger partial charge in [0.2, 0.25) is 0 Å². The van der Waals surface area contributed by atoms with Crippen LogP contribution in [0.1, 0.15) is 38.4 Å². The summed E-state index contributed by atoms with van der Waals surface area (Å²) in [5.41, 5.74) is 0.567. The van der Waals surface area contributed by atoms with Gasteiger partial charge in [-0.15, -0.1) is 0 Å². The van der Waals surface area contributed by atoms with E-state index in [9.17, 15) is 17.6 Å². The molecule has 0 aliphatic rings. The van der Waals surface area contributed by atoms with Crippen molar-refractivity contribution in [2.45, 2.75) is 51.6 Å². The third kappa shape index (κ3) is 4.49. The quantitative estimate of drug-likeness (QED) is 0.741. The van der Waals surface area contributed by atoms with Crippen LogP contribution in [0.5, 0.6) is 0 Å². The van der Waals surface area contributed by atoms with Gasteiger partial charge < -0.3 is 5.32 Å². The van der Waals surface area contributed by atoms with Crippen molar-refractivity contribution in [2.24, 2.45) is 0 Å². The molecule has 0 aliphatic carbocycles. The first-order chi connectivity index (χ1) is 8.90. The van der Waals surface area contributed by atoms with E-state index in [1.54, 1.807) is 16.9 Å². The molecular formula is C12H19F4N3. The first-order valence-electron chi connectivity index (χ1n) is 6.31. The standard InChI is InChI=1S/C12H19F4N3/c1-3-10(4-2)19-6-5-9(18-19)7-17-8-12(15,16)11(13)14/h5-6,10-11,17H,3-4,7-8H2,1-2H3. The number of halogens is 4. The van der Waals surface area contributed by atoms with Gasteiger partial charge in [-0.3, -0.25) is 4.68 Å². The van der Waals surface area contributed by atoms with Crippen molar-refractivity contribution >= 4 is 0 Å². The maximum atomic E-state index is 12.7. The largest absolute Gasteiger partial charge is 0.319 e. The second kappa shape index (κ2) is 6.88. The predicted molar refractivity (Wildman–Crippen MR) is 64.5 cm³/mol. The van der Waals surface area contributed by atoms with Crippen LogP contribution in [-0.4, -0.2) is 28.7 Å². The highest BCUT2D eigenvalue weighted by Crippen LogP contribution is 2.21. The van der Waals surface area contributed by atoms with E-state index in [0.717, 1.165) is 12.8 Å². The predicted octanol–water partition coefficient (Wildman–Crippen LogP) is 3.23. The molecule has 1 rings (SSSR count). The molecule has 0 bridgehead atoms. The van der Waals surface area contributed by atoms with E-state index in [-0.39, 0.29) is 12.6 Å². The third-order valence-corrected chi connectivity index (χ3v) is 2.97. The summed E-state index contributed by atoms with van der Waals surface area (Å²) in [6.07, 6.45) is -0.0229. The Balaban J connectivity index is 2.47. The third-order valence-electron chi connectivity index (χ3n) is 2.97. The summed E-state index contributed by atoms with van der Waals surface area (Å²) >= 11 is 0. The van der Waals surface area contributed by atoms with E-state index >= 15 is 0 Å². The van der Waals surface area contributed by atoms with E-state index in [2.05, 4.69) is 10.4 Å². The Hall–Kier alpha value is -1.11. The van der Waals surface area contributed by atoms with E-state index in [1.165, 1.54) is 0 Å². The minimum atomic E-state index is -4.00. The van der Waals surface area contributed by atoms with Crippen molar-refractivity contribution < 1.29 is 17.6 Å². The average molecular weight is 281 g/mol. The zero-order valence-corrected chi connectivity index (χ0v) is 11.0. The van der Waals surface area contributed by atoms with Crippen molar-refractivity contribution in [1.82, 2.24) is 15.1 Å². The smallest absolute Gasteiger partial charge is 0.305 e. The number of aromatic nitrogens is 2. The van der Waals surface area contributed by atoms with Crippen LogP contribution < -0.4 is 5.32 Å². The summed E-state index contributed by atoms with van der Waals surface area (Å²) in [5, 5.41) is 6.54. The average Bonchev–Trinajstić information content (AvgIpc) is 2.79. The number of alkyl halides is 4. The number of rotatable bonds is 8. The van der Waals surface area contributed by atoms with Crippen molar-refractivity contribution in [3.8, 4) is 0 Å². The Morgan fingerprint density at radius 3 is 2.47 bits per heavy atom. The fourth-order valence-corrected chi connectivity index (χ4v) is 1.77. The Morgan fingerprint density at radius 2 is 1.95 bits per heavy atom. The molecule has 0 saturated heterocycles. The molecule has 1 aromatic rings. The Labute approximate surface area is 110 Å². The maximum absolute atomic E-state index is 12.7. The zero-order chi connectivity index (χ0) is 14.5. The Morgan fingerprint density at radius 1 is 1.32 bits per heavy atom. The van der Waals surface area contributed by atoms with Gasteiger partial charge in [0.05, 0.1) is 18.3 Å². The lowest BCUT2D eigenvalue weighted by molar-refractivity contribution is -0.125. The normalized spacial score (nSPS) is 12.6. The summed E-state index contributed by atoms with van der Waals surface area (Å²) in [6, 6.07) is 1.97. The minimum Gasteiger partial charge on any atom is -0.305 e. The zero-order valence-electron chi connectivity index (χ0n) is 11.0.